The smallest absolute Gasteiger partial charge is 0.410 e. The molecule has 1 aliphatic heterocycles. The molecule has 2 aromatic heterocycles. The first kappa shape index (κ1) is 14.1. The van der Waals surface area contributed by atoms with Gasteiger partial charge in [-0.1, -0.05) is 0 Å². The van der Waals surface area contributed by atoms with E-state index in [4.69, 9.17) is 4.74 Å². The molecule has 21 heavy (non-hydrogen) atoms. The maximum Gasteiger partial charge on any atom is 0.410 e. The van der Waals surface area contributed by atoms with E-state index >= 15 is 0 Å². The summed E-state index contributed by atoms with van der Waals surface area (Å²) in [6.07, 6.45) is 0.323. The zero-order valence-electron chi connectivity index (χ0n) is 12.4. The molecule has 0 bridgehead atoms. The van der Waals surface area contributed by atoms with Crippen molar-refractivity contribution in [1.29, 1.82) is 0 Å². The summed E-state index contributed by atoms with van der Waals surface area (Å²) in [5.74, 6) is 0. The number of fused-ring (bicyclic) bond motifs is 3. The van der Waals surface area contributed by atoms with Gasteiger partial charge in [0, 0.05) is 17.5 Å². The molecule has 0 unspecified atom stereocenters. The van der Waals surface area contributed by atoms with Crippen LogP contribution in [0.2, 0.25) is 0 Å². The molecule has 3 heterocycles. The molecule has 0 fully saturated rings. The summed E-state index contributed by atoms with van der Waals surface area (Å²) in [6.45, 7) is 6.40. The van der Waals surface area contributed by atoms with Gasteiger partial charge in [-0.05, 0) is 44.2 Å². The van der Waals surface area contributed by atoms with Crippen LogP contribution in [0.3, 0.4) is 0 Å². The third kappa shape index (κ3) is 2.68. The summed E-state index contributed by atoms with van der Waals surface area (Å²) >= 11 is 1.53. The largest absolute Gasteiger partial charge is 0.444 e. The van der Waals surface area contributed by atoms with Crippen molar-refractivity contribution in [2.24, 2.45) is 0 Å². The summed E-state index contributed by atoms with van der Waals surface area (Å²) in [6, 6.07) is 2.03. The van der Waals surface area contributed by atoms with Gasteiger partial charge in [0.05, 0.1) is 6.54 Å². The van der Waals surface area contributed by atoms with Crippen LogP contribution in [-0.4, -0.2) is 28.1 Å². The van der Waals surface area contributed by atoms with Gasteiger partial charge in [-0.3, -0.25) is 4.79 Å². The minimum absolute atomic E-state index is 0.104. The van der Waals surface area contributed by atoms with Crippen LogP contribution in [-0.2, 0) is 17.7 Å². The molecule has 0 aromatic carbocycles. The first-order valence-corrected chi connectivity index (χ1v) is 7.82. The summed E-state index contributed by atoms with van der Waals surface area (Å²) in [4.78, 5) is 29.7. The van der Waals surface area contributed by atoms with E-state index in [0.717, 1.165) is 15.8 Å². The quantitative estimate of drug-likeness (QED) is 0.814. The minimum Gasteiger partial charge on any atom is -0.444 e. The molecule has 112 valence electrons. The fourth-order valence-corrected chi connectivity index (χ4v) is 3.38. The van der Waals surface area contributed by atoms with E-state index in [1.54, 1.807) is 4.90 Å². The molecule has 0 aliphatic carbocycles. The topological polar surface area (TPSA) is 62.4 Å². The van der Waals surface area contributed by atoms with E-state index < -0.39 is 5.60 Å². The number of aromatic amines is 1. The number of amides is 1. The Morgan fingerprint density at radius 1 is 1.38 bits per heavy atom. The molecule has 0 saturated heterocycles. The number of rotatable bonds is 0. The minimum atomic E-state index is -0.527. The normalized spacial score (nSPS) is 15.1. The lowest BCUT2D eigenvalue weighted by Crippen LogP contribution is -2.41. The molecule has 1 amide bonds. The predicted octanol–water partition coefficient (Wildman–Crippen LogP) is 2.88. The van der Waals surface area contributed by atoms with Crippen LogP contribution < -0.4 is 5.56 Å². The van der Waals surface area contributed by atoms with E-state index in [2.05, 4.69) is 4.98 Å². The highest BCUT2D eigenvalue weighted by Gasteiger charge is 2.28. The molecule has 2 aromatic rings. The number of ether oxygens (including phenoxy) is 1. The Balaban J connectivity index is 1.92. The van der Waals surface area contributed by atoms with E-state index in [1.807, 2.05) is 32.2 Å². The average molecular weight is 306 g/mol. The molecule has 6 heteroatoms. The molecular formula is C15H18N2O3S. The van der Waals surface area contributed by atoms with Gasteiger partial charge in [0.15, 0.2) is 0 Å². The second kappa shape index (κ2) is 4.87. The third-order valence-corrected chi connectivity index (χ3v) is 4.32. The predicted molar refractivity (Wildman–Crippen MR) is 82.8 cm³/mol. The van der Waals surface area contributed by atoms with Gasteiger partial charge in [0.1, 0.15) is 10.4 Å². The lowest BCUT2D eigenvalue weighted by Gasteiger charge is -2.31. The first-order valence-electron chi connectivity index (χ1n) is 6.94. The highest BCUT2D eigenvalue weighted by Crippen LogP contribution is 2.27. The number of nitrogens with one attached hydrogen (secondary N) is 1. The Labute approximate surface area is 126 Å². The fraction of sp³-hybridized carbons (Fsp3) is 0.467. The SMILES string of the molecule is CC(C)(C)OC(=O)N1CCc2c(c(=O)[nH]c3sccc23)C1. The number of carbonyl (C=O) groups is 1. The van der Waals surface area contributed by atoms with Crippen molar-refractivity contribution in [3.63, 3.8) is 0 Å². The molecule has 5 nitrogen and oxygen atoms in total. The second-order valence-corrected chi connectivity index (χ2v) is 7.14. The first-order chi connectivity index (χ1) is 9.85. The summed E-state index contributed by atoms with van der Waals surface area (Å²) in [5, 5.41) is 3.07. The monoisotopic (exact) mass is 306 g/mol. The van der Waals surface area contributed by atoms with Crippen LogP contribution in [0.25, 0.3) is 10.2 Å². The van der Waals surface area contributed by atoms with Crippen LogP contribution in [0, 0.1) is 0 Å². The van der Waals surface area contributed by atoms with Crippen molar-refractivity contribution in [3.8, 4) is 0 Å². The molecule has 3 rings (SSSR count). The highest BCUT2D eigenvalue weighted by molar-refractivity contribution is 7.16. The van der Waals surface area contributed by atoms with Gasteiger partial charge in [-0.15, -0.1) is 11.3 Å². The van der Waals surface area contributed by atoms with Crippen LogP contribution in [0.5, 0.6) is 0 Å². The number of H-pyrrole nitrogens is 1. The Hall–Kier alpha value is -1.82. The van der Waals surface area contributed by atoms with Crippen LogP contribution in [0.4, 0.5) is 4.79 Å². The van der Waals surface area contributed by atoms with E-state index in [9.17, 15) is 9.59 Å². The fourth-order valence-electron chi connectivity index (χ4n) is 2.57. The van der Waals surface area contributed by atoms with Crippen LogP contribution >= 0.6 is 11.3 Å². The van der Waals surface area contributed by atoms with E-state index in [1.165, 1.54) is 11.3 Å². The second-order valence-electron chi connectivity index (χ2n) is 6.23. The van der Waals surface area contributed by atoms with Gasteiger partial charge in [0.2, 0.25) is 0 Å². The highest BCUT2D eigenvalue weighted by atomic mass is 32.1. The number of thiophene rings is 1. The zero-order valence-corrected chi connectivity index (χ0v) is 13.2. The average Bonchev–Trinajstić information content (AvgIpc) is 2.84. The van der Waals surface area contributed by atoms with Crippen molar-refractivity contribution in [2.45, 2.75) is 39.3 Å². The third-order valence-electron chi connectivity index (χ3n) is 3.49. The van der Waals surface area contributed by atoms with Gasteiger partial charge >= 0.3 is 6.09 Å². The number of pyridine rings is 1. The van der Waals surface area contributed by atoms with E-state index in [0.29, 0.717) is 25.1 Å². The van der Waals surface area contributed by atoms with Gasteiger partial charge in [-0.25, -0.2) is 4.79 Å². The Bertz CT molecular complexity index is 754. The molecule has 0 spiro atoms. The molecule has 1 N–H and O–H groups in total. The molecule has 1 aliphatic rings. The number of carbonyl (C=O) groups excluding carboxylic acids is 1. The number of hydrogen-bond donors (Lipinski definition) is 1. The van der Waals surface area contributed by atoms with Gasteiger partial charge in [0.25, 0.3) is 5.56 Å². The number of aromatic nitrogens is 1. The molecule has 0 saturated carbocycles. The van der Waals surface area contributed by atoms with Crippen molar-refractivity contribution in [1.82, 2.24) is 9.88 Å². The Kier molecular flexibility index (Phi) is 3.28. The van der Waals surface area contributed by atoms with Gasteiger partial charge < -0.3 is 14.6 Å². The maximum absolute atomic E-state index is 12.2. The standard InChI is InChI=1S/C15H18N2O3S/c1-15(2,3)20-14(19)17-6-4-9-10-5-7-21-13(10)16-12(18)11(9)8-17/h5,7H,4,6,8H2,1-3H3,(H,16,18). The molecular weight excluding hydrogens is 288 g/mol. The van der Waals surface area contributed by atoms with Crippen molar-refractivity contribution < 1.29 is 9.53 Å². The maximum atomic E-state index is 12.2. The Morgan fingerprint density at radius 2 is 2.14 bits per heavy atom. The van der Waals surface area contributed by atoms with Crippen molar-refractivity contribution >= 4 is 27.6 Å². The zero-order chi connectivity index (χ0) is 15.2. The van der Waals surface area contributed by atoms with E-state index in [-0.39, 0.29) is 11.7 Å². The summed E-state index contributed by atoms with van der Waals surface area (Å²) in [7, 11) is 0. The van der Waals surface area contributed by atoms with Crippen molar-refractivity contribution in [2.75, 3.05) is 6.54 Å². The Morgan fingerprint density at radius 3 is 2.86 bits per heavy atom. The molecule has 0 radical (unpaired) electrons. The van der Waals surface area contributed by atoms with Crippen LogP contribution in [0.1, 0.15) is 31.9 Å². The summed E-state index contributed by atoms with van der Waals surface area (Å²) in [5.41, 5.74) is 1.11. The van der Waals surface area contributed by atoms with Gasteiger partial charge in [-0.2, -0.15) is 0 Å². The van der Waals surface area contributed by atoms with Crippen LogP contribution in [0.15, 0.2) is 16.2 Å². The van der Waals surface area contributed by atoms with Crippen molar-refractivity contribution in [3.05, 3.63) is 32.9 Å². The lowest BCUT2D eigenvalue weighted by molar-refractivity contribution is 0.0223. The lowest BCUT2D eigenvalue weighted by atomic mass is 9.99. The summed E-state index contributed by atoms with van der Waals surface area (Å²) < 4.78 is 5.38. The number of hydrogen-bond acceptors (Lipinski definition) is 4. The molecule has 0 atom stereocenters. The number of nitrogens with zero attached hydrogens (tertiary/aromatic N) is 1.